The average molecular weight is 418 g/mol. The molecule has 8 heteroatoms. The predicted octanol–water partition coefficient (Wildman–Crippen LogP) is 0.683. The second kappa shape index (κ2) is 8.52. The molecule has 1 aliphatic heterocycles. The van der Waals surface area contributed by atoms with E-state index >= 15 is 0 Å². The molecule has 29 heavy (non-hydrogen) atoms. The van der Waals surface area contributed by atoms with Crippen LogP contribution >= 0.6 is 0 Å². The van der Waals surface area contributed by atoms with E-state index in [1.807, 2.05) is 6.92 Å². The van der Waals surface area contributed by atoms with Crippen molar-refractivity contribution in [2.75, 3.05) is 36.4 Å². The van der Waals surface area contributed by atoms with Crippen molar-refractivity contribution in [1.82, 2.24) is 0 Å². The topological polar surface area (TPSA) is 96.9 Å². The number of sulfonamides is 1. The van der Waals surface area contributed by atoms with Crippen LogP contribution in [0.4, 0.5) is 11.4 Å². The Bertz CT molecular complexity index is 981. The van der Waals surface area contributed by atoms with E-state index in [-0.39, 0.29) is 16.8 Å². The molecule has 3 rings (SSSR count). The minimum absolute atomic E-state index is 0.0248. The maximum absolute atomic E-state index is 12.7. The fourth-order valence-electron chi connectivity index (χ4n) is 3.71. The number of hydrogen-bond acceptors (Lipinski definition) is 4. The van der Waals surface area contributed by atoms with Crippen LogP contribution in [0.15, 0.2) is 47.4 Å². The van der Waals surface area contributed by atoms with Crippen molar-refractivity contribution in [2.24, 2.45) is 5.14 Å². The highest BCUT2D eigenvalue weighted by Crippen LogP contribution is 2.22. The third kappa shape index (κ3) is 4.95. The number of nitrogens with two attached hydrogens (primary N) is 1. The predicted molar refractivity (Wildman–Crippen MR) is 115 cm³/mol. The van der Waals surface area contributed by atoms with Gasteiger partial charge in [0.05, 0.1) is 31.1 Å². The van der Waals surface area contributed by atoms with Crippen molar-refractivity contribution in [3.05, 3.63) is 53.6 Å². The zero-order valence-electron chi connectivity index (χ0n) is 17.1. The smallest absolute Gasteiger partial charge is 0.282 e. The Balaban J connectivity index is 1.58. The average Bonchev–Trinajstić information content (AvgIpc) is 2.69. The van der Waals surface area contributed by atoms with Crippen LogP contribution in [-0.2, 0) is 14.8 Å². The van der Waals surface area contributed by atoms with Gasteiger partial charge in [-0.15, -0.1) is 0 Å². The van der Waals surface area contributed by atoms with Gasteiger partial charge in [0.2, 0.25) is 10.0 Å². The maximum Gasteiger partial charge on any atom is 0.282 e. The van der Waals surface area contributed by atoms with E-state index < -0.39 is 10.0 Å². The molecular weight excluding hydrogens is 388 g/mol. The minimum atomic E-state index is -3.74. The summed E-state index contributed by atoms with van der Waals surface area (Å²) in [5, 5.41) is 7.97. The van der Waals surface area contributed by atoms with Gasteiger partial charge in [0.25, 0.3) is 5.91 Å². The Morgan fingerprint density at radius 3 is 2.31 bits per heavy atom. The van der Waals surface area contributed by atoms with Gasteiger partial charge in [-0.05, 0) is 62.2 Å². The monoisotopic (exact) mass is 417 g/mol. The zero-order valence-corrected chi connectivity index (χ0v) is 17.9. The van der Waals surface area contributed by atoms with E-state index in [2.05, 4.69) is 42.3 Å². The van der Waals surface area contributed by atoms with Crippen LogP contribution in [0.3, 0.4) is 0 Å². The number of anilines is 2. The van der Waals surface area contributed by atoms with E-state index in [0.29, 0.717) is 5.69 Å². The van der Waals surface area contributed by atoms with Gasteiger partial charge in [-0.2, -0.15) is 0 Å². The largest absolute Gasteiger partial charge is 0.360 e. The number of primary sulfonamides is 1. The van der Waals surface area contributed by atoms with Crippen molar-refractivity contribution in [2.45, 2.75) is 31.7 Å². The number of benzene rings is 2. The number of piperazine rings is 1. The van der Waals surface area contributed by atoms with E-state index in [9.17, 15) is 13.2 Å². The first-order chi connectivity index (χ1) is 13.7. The molecule has 1 amide bonds. The molecule has 0 unspecified atom stereocenters. The molecule has 0 aliphatic carbocycles. The second-order valence-corrected chi connectivity index (χ2v) is 9.21. The van der Waals surface area contributed by atoms with Gasteiger partial charge < -0.3 is 15.1 Å². The molecule has 7 nitrogen and oxygen atoms in total. The van der Waals surface area contributed by atoms with Gasteiger partial charge in [0.15, 0.2) is 6.04 Å². The maximum atomic E-state index is 12.7. The molecule has 0 spiro atoms. The molecule has 156 valence electrons. The molecule has 0 radical (unpaired) electrons. The SMILES string of the molecule is Cc1cccc(N2CC[NH+]([C@H](C)C(=O)Nc3ccc(S(N)(=O)=O)cc3)CC2)c1C. The standard InChI is InChI=1S/C21H28N4O3S/c1-15-5-4-6-20(16(15)2)25-13-11-24(12-14-25)17(3)21(26)23-18-7-9-19(10-8-18)29(22,27)28/h4-10,17H,11-14H2,1-3H3,(H,23,26)(H2,22,27,28)/p+1/t17-/m1/s1. The van der Waals surface area contributed by atoms with Gasteiger partial charge in [-0.1, -0.05) is 12.1 Å². The minimum Gasteiger partial charge on any atom is -0.360 e. The lowest BCUT2D eigenvalue weighted by atomic mass is 10.1. The van der Waals surface area contributed by atoms with Crippen molar-refractivity contribution in [3.8, 4) is 0 Å². The Morgan fingerprint density at radius 1 is 1.10 bits per heavy atom. The van der Waals surface area contributed by atoms with Gasteiger partial charge in [-0.3, -0.25) is 4.79 Å². The van der Waals surface area contributed by atoms with E-state index in [1.165, 1.54) is 33.8 Å². The lowest BCUT2D eigenvalue weighted by molar-refractivity contribution is -0.914. The van der Waals surface area contributed by atoms with Crippen LogP contribution in [0.1, 0.15) is 18.1 Å². The summed E-state index contributed by atoms with van der Waals surface area (Å²) in [6.07, 6.45) is 0. The summed E-state index contributed by atoms with van der Waals surface area (Å²) in [6, 6.07) is 12.1. The first kappa shape index (κ1) is 21.3. The lowest BCUT2D eigenvalue weighted by Crippen LogP contribution is -3.19. The lowest BCUT2D eigenvalue weighted by Gasteiger charge is -2.36. The Morgan fingerprint density at radius 2 is 1.72 bits per heavy atom. The molecule has 0 saturated carbocycles. The number of hydrogen-bond donors (Lipinski definition) is 3. The van der Waals surface area contributed by atoms with Gasteiger partial charge >= 0.3 is 0 Å². The molecule has 0 bridgehead atoms. The van der Waals surface area contributed by atoms with Crippen LogP contribution in [0.5, 0.6) is 0 Å². The summed E-state index contributed by atoms with van der Waals surface area (Å²) in [5.41, 5.74) is 4.43. The molecule has 2 aromatic rings. The summed E-state index contributed by atoms with van der Waals surface area (Å²) >= 11 is 0. The zero-order chi connectivity index (χ0) is 21.2. The van der Waals surface area contributed by atoms with Gasteiger partial charge in [0, 0.05) is 11.4 Å². The van der Waals surface area contributed by atoms with E-state index in [4.69, 9.17) is 5.14 Å². The number of amides is 1. The third-order valence-corrected chi connectivity index (χ3v) is 6.71. The fourth-order valence-corrected chi connectivity index (χ4v) is 4.23. The first-order valence-corrected chi connectivity index (χ1v) is 11.3. The summed E-state index contributed by atoms with van der Waals surface area (Å²) in [6.45, 7) is 9.78. The number of nitrogens with zero attached hydrogens (tertiary/aromatic N) is 1. The van der Waals surface area contributed by atoms with Crippen LogP contribution in [0.2, 0.25) is 0 Å². The fraction of sp³-hybridized carbons (Fsp3) is 0.381. The molecule has 1 heterocycles. The van der Waals surface area contributed by atoms with Gasteiger partial charge in [0.1, 0.15) is 0 Å². The second-order valence-electron chi connectivity index (χ2n) is 7.64. The van der Waals surface area contributed by atoms with Crippen molar-refractivity contribution in [1.29, 1.82) is 0 Å². The Hall–Kier alpha value is -2.42. The molecule has 1 atom stereocenters. The highest BCUT2D eigenvalue weighted by atomic mass is 32.2. The first-order valence-electron chi connectivity index (χ1n) is 9.76. The number of rotatable bonds is 5. The van der Waals surface area contributed by atoms with Gasteiger partial charge in [-0.25, -0.2) is 13.6 Å². The van der Waals surface area contributed by atoms with Crippen LogP contribution in [0.25, 0.3) is 0 Å². The molecule has 4 N–H and O–H groups in total. The van der Waals surface area contributed by atoms with Crippen molar-refractivity contribution >= 4 is 27.3 Å². The highest BCUT2D eigenvalue weighted by Gasteiger charge is 2.29. The van der Waals surface area contributed by atoms with Crippen molar-refractivity contribution in [3.63, 3.8) is 0 Å². The number of nitrogens with one attached hydrogen (secondary N) is 2. The number of carbonyl (C=O) groups excluding carboxylic acids is 1. The molecular formula is C21H29N4O3S+. The summed E-state index contributed by atoms with van der Waals surface area (Å²) < 4.78 is 22.7. The molecule has 0 aromatic heterocycles. The number of carbonyl (C=O) groups is 1. The van der Waals surface area contributed by atoms with Crippen molar-refractivity contribution < 1.29 is 18.1 Å². The summed E-state index contributed by atoms with van der Waals surface area (Å²) in [5.74, 6) is -0.0801. The molecule has 1 aliphatic rings. The normalized spacial score (nSPS) is 16.5. The molecule has 1 fully saturated rings. The quantitative estimate of drug-likeness (QED) is 0.667. The third-order valence-electron chi connectivity index (χ3n) is 5.78. The van der Waals surface area contributed by atoms with Crippen LogP contribution in [0, 0.1) is 13.8 Å². The van der Waals surface area contributed by atoms with E-state index in [0.717, 1.165) is 26.2 Å². The number of quaternary nitrogens is 1. The van der Waals surface area contributed by atoms with Crippen LogP contribution < -0.4 is 20.3 Å². The van der Waals surface area contributed by atoms with E-state index in [1.54, 1.807) is 12.1 Å². The summed E-state index contributed by atoms with van der Waals surface area (Å²) in [7, 11) is -3.74. The Kier molecular flexibility index (Phi) is 6.26. The molecule has 1 saturated heterocycles. The Labute approximate surface area is 172 Å². The highest BCUT2D eigenvalue weighted by molar-refractivity contribution is 7.89. The van der Waals surface area contributed by atoms with Crippen LogP contribution in [-0.4, -0.2) is 46.5 Å². The number of aryl methyl sites for hydroxylation is 1. The molecule has 2 aromatic carbocycles. The summed E-state index contributed by atoms with van der Waals surface area (Å²) in [4.78, 5) is 16.3.